The molecule has 26 heavy (non-hydrogen) atoms. The summed E-state index contributed by atoms with van der Waals surface area (Å²) in [5.74, 6) is -0.870. The number of nitrogens with zero attached hydrogens (tertiary/aromatic N) is 2. The van der Waals surface area contributed by atoms with Crippen LogP contribution in [0, 0.1) is 25.2 Å². The Labute approximate surface area is 152 Å². The van der Waals surface area contributed by atoms with Gasteiger partial charge in [-0.05, 0) is 44.2 Å². The number of carbonyl (C=O) groups is 2. The molecule has 1 aliphatic heterocycles. The lowest BCUT2D eigenvalue weighted by atomic mass is 9.81. The number of H-pyrrole nitrogens is 1. The summed E-state index contributed by atoms with van der Waals surface area (Å²) in [5, 5.41) is 16.8. The zero-order valence-electron chi connectivity index (χ0n) is 15.1. The van der Waals surface area contributed by atoms with E-state index in [0.29, 0.717) is 25.2 Å². The van der Waals surface area contributed by atoms with Gasteiger partial charge in [0.15, 0.2) is 0 Å². The molecule has 0 bridgehead atoms. The third-order valence-electron chi connectivity index (χ3n) is 6.05. The lowest BCUT2D eigenvalue weighted by molar-refractivity contribution is -0.149. The van der Waals surface area contributed by atoms with E-state index >= 15 is 0 Å². The standard InChI is InChI=1S/C20H23N3O3/c1-12-5-6-15(13(2)8-12)16-9-17(22-21-16)18(24)23-10-14-4-3-7-20(14,11-23)19(25)26/h5-6,8-9,14H,3-4,7,10-11H2,1-2H3,(H,21,22)(H,25,26)/t14-,20+/m0/s1. The molecule has 2 fully saturated rings. The molecule has 2 heterocycles. The largest absolute Gasteiger partial charge is 0.481 e. The SMILES string of the molecule is Cc1ccc(-c2cc(C(=O)N3C[C@@H]4CCC[C@@]4(C(=O)O)C3)[nH]n2)c(C)c1. The highest BCUT2D eigenvalue weighted by molar-refractivity contribution is 5.94. The summed E-state index contributed by atoms with van der Waals surface area (Å²) in [7, 11) is 0. The van der Waals surface area contributed by atoms with Crippen LogP contribution in [0.2, 0.25) is 0 Å². The third-order valence-corrected chi connectivity index (χ3v) is 6.05. The second-order valence-corrected chi connectivity index (χ2v) is 7.72. The highest BCUT2D eigenvalue weighted by Gasteiger charge is 2.55. The number of nitrogens with one attached hydrogen (secondary N) is 1. The molecule has 0 radical (unpaired) electrons. The van der Waals surface area contributed by atoms with Crippen molar-refractivity contribution in [3.8, 4) is 11.3 Å². The molecule has 1 saturated heterocycles. The van der Waals surface area contributed by atoms with Crippen LogP contribution in [0.3, 0.4) is 0 Å². The number of aromatic nitrogens is 2. The normalized spacial score (nSPS) is 24.7. The van der Waals surface area contributed by atoms with Gasteiger partial charge >= 0.3 is 5.97 Å². The Balaban J connectivity index is 1.57. The number of hydrogen-bond acceptors (Lipinski definition) is 3. The monoisotopic (exact) mass is 353 g/mol. The number of benzene rings is 1. The van der Waals surface area contributed by atoms with Crippen LogP contribution in [0.5, 0.6) is 0 Å². The lowest BCUT2D eigenvalue weighted by Crippen LogP contribution is -2.37. The molecule has 6 heteroatoms. The van der Waals surface area contributed by atoms with Crippen LogP contribution in [0.15, 0.2) is 24.3 Å². The molecular formula is C20H23N3O3. The first kappa shape index (κ1) is 16.8. The molecule has 4 rings (SSSR count). The minimum Gasteiger partial charge on any atom is -0.481 e. The molecule has 1 amide bonds. The van der Waals surface area contributed by atoms with Crippen molar-refractivity contribution in [3.05, 3.63) is 41.1 Å². The molecule has 6 nitrogen and oxygen atoms in total. The van der Waals surface area contributed by atoms with E-state index in [1.165, 1.54) is 5.56 Å². The quantitative estimate of drug-likeness (QED) is 0.888. The Hall–Kier alpha value is -2.63. The van der Waals surface area contributed by atoms with Gasteiger partial charge in [-0.25, -0.2) is 0 Å². The number of fused-ring (bicyclic) bond motifs is 1. The van der Waals surface area contributed by atoms with E-state index in [4.69, 9.17) is 0 Å². The summed E-state index contributed by atoms with van der Waals surface area (Å²) < 4.78 is 0. The van der Waals surface area contributed by atoms with Gasteiger partial charge in [0.25, 0.3) is 5.91 Å². The number of rotatable bonds is 3. The fourth-order valence-electron chi connectivity index (χ4n) is 4.63. The van der Waals surface area contributed by atoms with Gasteiger partial charge in [-0.15, -0.1) is 0 Å². The summed E-state index contributed by atoms with van der Waals surface area (Å²) in [6, 6.07) is 7.89. The van der Waals surface area contributed by atoms with E-state index in [1.54, 1.807) is 11.0 Å². The molecule has 2 aliphatic rings. The second kappa shape index (κ2) is 5.97. The van der Waals surface area contributed by atoms with Crippen molar-refractivity contribution in [2.24, 2.45) is 11.3 Å². The van der Waals surface area contributed by atoms with Gasteiger partial charge in [-0.3, -0.25) is 14.7 Å². The van der Waals surface area contributed by atoms with Crippen molar-refractivity contribution in [2.45, 2.75) is 33.1 Å². The van der Waals surface area contributed by atoms with E-state index in [9.17, 15) is 14.7 Å². The van der Waals surface area contributed by atoms with Crippen LogP contribution >= 0.6 is 0 Å². The first-order valence-corrected chi connectivity index (χ1v) is 9.06. The Morgan fingerprint density at radius 3 is 2.81 bits per heavy atom. The molecule has 2 aromatic rings. The first-order chi connectivity index (χ1) is 12.4. The Morgan fingerprint density at radius 2 is 2.12 bits per heavy atom. The molecule has 0 unspecified atom stereocenters. The maximum absolute atomic E-state index is 12.9. The molecule has 1 aromatic heterocycles. The fourth-order valence-corrected chi connectivity index (χ4v) is 4.63. The number of aliphatic carboxylic acids is 1. The van der Waals surface area contributed by atoms with Crippen molar-refractivity contribution >= 4 is 11.9 Å². The number of carbonyl (C=O) groups excluding carboxylic acids is 1. The number of carboxylic acid groups (broad SMARTS) is 1. The second-order valence-electron chi connectivity index (χ2n) is 7.72. The number of amides is 1. The number of aryl methyl sites for hydroxylation is 2. The molecule has 1 saturated carbocycles. The van der Waals surface area contributed by atoms with Crippen LogP contribution in [0.1, 0.15) is 40.9 Å². The molecule has 2 N–H and O–H groups in total. The average Bonchev–Trinajstić information content (AvgIpc) is 3.28. The van der Waals surface area contributed by atoms with Crippen molar-refractivity contribution in [1.29, 1.82) is 0 Å². The molecule has 2 atom stereocenters. The van der Waals surface area contributed by atoms with Crippen molar-refractivity contribution in [3.63, 3.8) is 0 Å². The van der Waals surface area contributed by atoms with Gasteiger partial charge in [-0.2, -0.15) is 5.10 Å². The summed E-state index contributed by atoms with van der Waals surface area (Å²) in [5.41, 5.74) is 3.67. The smallest absolute Gasteiger partial charge is 0.311 e. The predicted octanol–water partition coefficient (Wildman–Crippen LogP) is 3.02. The average molecular weight is 353 g/mol. The molecular weight excluding hydrogens is 330 g/mol. The topological polar surface area (TPSA) is 86.3 Å². The van der Waals surface area contributed by atoms with Gasteiger partial charge in [0.05, 0.1) is 11.1 Å². The minimum absolute atomic E-state index is 0.0608. The van der Waals surface area contributed by atoms with Gasteiger partial charge in [0, 0.05) is 18.7 Å². The maximum Gasteiger partial charge on any atom is 0.311 e. The molecule has 1 aliphatic carbocycles. The third kappa shape index (κ3) is 2.52. The van der Waals surface area contributed by atoms with E-state index in [0.717, 1.165) is 29.7 Å². The first-order valence-electron chi connectivity index (χ1n) is 9.06. The predicted molar refractivity (Wildman–Crippen MR) is 96.8 cm³/mol. The number of carboxylic acids is 1. The Bertz CT molecular complexity index is 888. The highest BCUT2D eigenvalue weighted by Crippen LogP contribution is 2.49. The van der Waals surface area contributed by atoms with Crippen LogP contribution in [-0.4, -0.2) is 45.2 Å². The molecule has 1 aromatic carbocycles. The van der Waals surface area contributed by atoms with Crippen LogP contribution in [0.4, 0.5) is 0 Å². The summed E-state index contributed by atoms with van der Waals surface area (Å²) in [6.45, 7) is 4.88. The molecule has 136 valence electrons. The van der Waals surface area contributed by atoms with Gasteiger partial charge in [0.2, 0.25) is 0 Å². The van der Waals surface area contributed by atoms with Crippen molar-refractivity contribution in [1.82, 2.24) is 15.1 Å². The zero-order chi connectivity index (χ0) is 18.5. The van der Waals surface area contributed by atoms with E-state index in [2.05, 4.69) is 16.3 Å². The number of hydrogen-bond donors (Lipinski definition) is 2. The maximum atomic E-state index is 12.9. The highest BCUT2D eigenvalue weighted by atomic mass is 16.4. The Kier molecular flexibility index (Phi) is 3.86. The van der Waals surface area contributed by atoms with Gasteiger partial charge < -0.3 is 10.0 Å². The van der Waals surface area contributed by atoms with Gasteiger partial charge in [0.1, 0.15) is 5.69 Å². The van der Waals surface area contributed by atoms with Gasteiger partial charge in [-0.1, -0.05) is 30.2 Å². The van der Waals surface area contributed by atoms with Crippen molar-refractivity contribution < 1.29 is 14.7 Å². The fraction of sp³-hybridized carbons (Fsp3) is 0.450. The molecule has 0 spiro atoms. The summed E-state index contributed by atoms with van der Waals surface area (Å²) >= 11 is 0. The summed E-state index contributed by atoms with van der Waals surface area (Å²) in [4.78, 5) is 26.4. The summed E-state index contributed by atoms with van der Waals surface area (Å²) in [6.07, 6.45) is 2.47. The van der Waals surface area contributed by atoms with Crippen LogP contribution in [0.25, 0.3) is 11.3 Å². The van der Waals surface area contributed by atoms with E-state index in [-0.39, 0.29) is 11.8 Å². The van der Waals surface area contributed by atoms with E-state index < -0.39 is 11.4 Å². The number of aromatic amines is 1. The zero-order valence-corrected chi connectivity index (χ0v) is 15.1. The van der Waals surface area contributed by atoms with Crippen LogP contribution in [-0.2, 0) is 4.79 Å². The van der Waals surface area contributed by atoms with Crippen molar-refractivity contribution in [2.75, 3.05) is 13.1 Å². The minimum atomic E-state index is -0.768. The van der Waals surface area contributed by atoms with E-state index in [1.807, 2.05) is 26.0 Å². The Morgan fingerprint density at radius 1 is 1.31 bits per heavy atom. The number of likely N-dealkylation sites (tertiary alicyclic amines) is 1. The van der Waals surface area contributed by atoms with Crippen LogP contribution < -0.4 is 0 Å². The lowest BCUT2D eigenvalue weighted by Gasteiger charge is -2.23.